The Hall–Kier alpha value is -2.90. The van der Waals surface area contributed by atoms with Crippen molar-refractivity contribution < 1.29 is 8.78 Å². The maximum atomic E-state index is 13.3. The Morgan fingerprint density at radius 3 is 2.78 bits per heavy atom. The summed E-state index contributed by atoms with van der Waals surface area (Å²) in [7, 11) is 0. The van der Waals surface area contributed by atoms with Crippen molar-refractivity contribution >= 4 is 17.2 Å². The molecule has 6 nitrogen and oxygen atoms in total. The van der Waals surface area contributed by atoms with Crippen molar-refractivity contribution in [3.8, 4) is 0 Å². The molecule has 1 saturated carbocycles. The monoisotopic (exact) mass is 370 g/mol. The second-order valence-electron chi connectivity index (χ2n) is 6.93. The van der Waals surface area contributed by atoms with E-state index in [2.05, 4.69) is 31.9 Å². The number of halogens is 2. The van der Waals surface area contributed by atoms with Crippen molar-refractivity contribution in [2.45, 2.75) is 44.6 Å². The van der Waals surface area contributed by atoms with Gasteiger partial charge in [0.25, 0.3) is 0 Å². The normalized spacial score (nSPS) is 17.1. The zero-order valence-electron chi connectivity index (χ0n) is 15.0. The van der Waals surface area contributed by atoms with Gasteiger partial charge in [0.2, 0.25) is 11.9 Å². The minimum Gasteiger partial charge on any atom is -0.351 e. The van der Waals surface area contributed by atoms with Crippen LogP contribution in [0.15, 0.2) is 37.4 Å². The van der Waals surface area contributed by atoms with Gasteiger partial charge in [0.1, 0.15) is 6.33 Å². The summed E-state index contributed by atoms with van der Waals surface area (Å²) in [6, 6.07) is 3.78. The standard InChI is InChI=1S/C19H20F2N6/c1-12(14-3-4-17-23-11-24-27(17)10-14)16-9-22-18(25-13(16)2)26-15-5-7-19(20,21)8-6-15/h3-4,9-11,15H,1,5-8H2,2H3,(H,22,25,26). The number of nitrogens with zero attached hydrogens (tertiary/aromatic N) is 5. The fraction of sp³-hybridized carbons (Fsp3) is 0.368. The first-order valence-electron chi connectivity index (χ1n) is 8.88. The SMILES string of the molecule is C=C(c1ccc2ncnn2c1)c1cnc(NC2CCC(F)(F)CC2)nc1C. The van der Waals surface area contributed by atoms with Crippen molar-refractivity contribution in [1.82, 2.24) is 24.6 Å². The highest BCUT2D eigenvalue weighted by Crippen LogP contribution is 2.34. The van der Waals surface area contributed by atoms with Crippen molar-refractivity contribution in [1.29, 1.82) is 0 Å². The number of hydrogen-bond acceptors (Lipinski definition) is 5. The van der Waals surface area contributed by atoms with Crippen LogP contribution in [0.4, 0.5) is 14.7 Å². The van der Waals surface area contributed by atoms with E-state index in [-0.39, 0.29) is 18.9 Å². The summed E-state index contributed by atoms with van der Waals surface area (Å²) in [6.07, 6.45) is 5.72. The van der Waals surface area contributed by atoms with E-state index < -0.39 is 5.92 Å². The van der Waals surface area contributed by atoms with Gasteiger partial charge in [-0.15, -0.1) is 0 Å². The molecular formula is C19H20F2N6. The Morgan fingerprint density at radius 2 is 2.04 bits per heavy atom. The van der Waals surface area contributed by atoms with E-state index in [0.717, 1.165) is 28.0 Å². The van der Waals surface area contributed by atoms with Gasteiger partial charge in [0.05, 0.1) is 5.69 Å². The van der Waals surface area contributed by atoms with E-state index in [1.807, 2.05) is 25.3 Å². The van der Waals surface area contributed by atoms with Gasteiger partial charge in [0, 0.05) is 42.4 Å². The van der Waals surface area contributed by atoms with Crippen LogP contribution >= 0.6 is 0 Å². The molecule has 3 heterocycles. The summed E-state index contributed by atoms with van der Waals surface area (Å²) in [4.78, 5) is 13.0. The van der Waals surface area contributed by atoms with Crippen molar-refractivity contribution in [3.63, 3.8) is 0 Å². The fourth-order valence-electron chi connectivity index (χ4n) is 3.35. The molecule has 140 valence electrons. The smallest absolute Gasteiger partial charge is 0.248 e. The number of alkyl halides is 2. The Morgan fingerprint density at radius 1 is 1.26 bits per heavy atom. The summed E-state index contributed by atoms with van der Waals surface area (Å²) < 4.78 is 28.2. The van der Waals surface area contributed by atoms with E-state index in [1.165, 1.54) is 6.33 Å². The summed E-state index contributed by atoms with van der Waals surface area (Å²) in [5, 5.41) is 7.32. The van der Waals surface area contributed by atoms with Gasteiger partial charge < -0.3 is 5.32 Å². The zero-order chi connectivity index (χ0) is 19.0. The molecule has 1 N–H and O–H groups in total. The number of pyridine rings is 1. The van der Waals surface area contributed by atoms with Gasteiger partial charge in [-0.3, -0.25) is 0 Å². The molecule has 0 aromatic carbocycles. The topological polar surface area (TPSA) is 68.0 Å². The molecule has 27 heavy (non-hydrogen) atoms. The number of fused-ring (bicyclic) bond motifs is 1. The molecule has 0 bridgehead atoms. The predicted octanol–water partition coefficient (Wildman–Crippen LogP) is 3.88. The lowest BCUT2D eigenvalue weighted by molar-refractivity contribution is -0.0361. The molecule has 3 aromatic rings. The third-order valence-corrected chi connectivity index (χ3v) is 4.98. The van der Waals surface area contributed by atoms with Gasteiger partial charge in [-0.25, -0.2) is 28.2 Å². The van der Waals surface area contributed by atoms with E-state index in [9.17, 15) is 8.78 Å². The lowest BCUT2D eigenvalue weighted by Crippen LogP contribution is -2.32. The van der Waals surface area contributed by atoms with Crippen LogP contribution in [0.3, 0.4) is 0 Å². The van der Waals surface area contributed by atoms with Crippen LogP contribution in [0.25, 0.3) is 11.2 Å². The second-order valence-corrected chi connectivity index (χ2v) is 6.93. The number of nitrogens with one attached hydrogen (secondary N) is 1. The van der Waals surface area contributed by atoms with Crippen LogP contribution in [0.2, 0.25) is 0 Å². The van der Waals surface area contributed by atoms with E-state index >= 15 is 0 Å². The Balaban J connectivity index is 1.50. The molecule has 4 rings (SSSR count). The van der Waals surface area contributed by atoms with Crippen molar-refractivity contribution in [3.05, 3.63) is 54.3 Å². The molecule has 1 aliphatic carbocycles. The first kappa shape index (κ1) is 17.5. The zero-order valence-corrected chi connectivity index (χ0v) is 15.0. The molecule has 1 aliphatic rings. The molecule has 0 amide bonds. The molecule has 0 radical (unpaired) electrons. The summed E-state index contributed by atoms with van der Waals surface area (Å²) in [6.45, 7) is 6.05. The molecular weight excluding hydrogens is 350 g/mol. The summed E-state index contributed by atoms with van der Waals surface area (Å²) in [5.74, 6) is -2.08. The van der Waals surface area contributed by atoms with E-state index in [0.29, 0.717) is 18.8 Å². The van der Waals surface area contributed by atoms with Crippen LogP contribution in [0.1, 0.15) is 42.5 Å². The van der Waals surface area contributed by atoms with Crippen LogP contribution in [0.5, 0.6) is 0 Å². The predicted molar refractivity (Wildman–Crippen MR) is 98.7 cm³/mol. The second kappa shape index (κ2) is 6.68. The Kier molecular flexibility index (Phi) is 4.33. The minimum absolute atomic E-state index is 0.0206. The highest BCUT2D eigenvalue weighted by molar-refractivity contribution is 5.79. The average Bonchev–Trinajstić information content (AvgIpc) is 3.11. The molecule has 3 aromatic heterocycles. The van der Waals surface area contributed by atoms with Gasteiger partial charge in [-0.05, 0) is 37.5 Å². The molecule has 0 unspecified atom stereocenters. The highest BCUT2D eigenvalue weighted by atomic mass is 19.3. The fourth-order valence-corrected chi connectivity index (χ4v) is 3.35. The quantitative estimate of drug-likeness (QED) is 0.755. The van der Waals surface area contributed by atoms with Crippen molar-refractivity contribution in [2.75, 3.05) is 5.32 Å². The lowest BCUT2D eigenvalue weighted by Gasteiger charge is -2.28. The minimum atomic E-state index is -2.54. The number of hydrogen-bond donors (Lipinski definition) is 1. The third-order valence-electron chi connectivity index (χ3n) is 4.98. The van der Waals surface area contributed by atoms with Gasteiger partial charge >= 0.3 is 0 Å². The molecule has 0 atom stereocenters. The average molecular weight is 370 g/mol. The Bertz CT molecular complexity index is 987. The maximum Gasteiger partial charge on any atom is 0.248 e. The number of aryl methyl sites for hydroxylation is 1. The largest absolute Gasteiger partial charge is 0.351 e. The van der Waals surface area contributed by atoms with Crippen molar-refractivity contribution in [2.24, 2.45) is 0 Å². The van der Waals surface area contributed by atoms with E-state index in [1.54, 1.807) is 10.7 Å². The van der Waals surface area contributed by atoms with Crippen LogP contribution in [-0.4, -0.2) is 36.5 Å². The van der Waals surface area contributed by atoms with Crippen LogP contribution in [-0.2, 0) is 0 Å². The number of rotatable bonds is 4. The first-order valence-corrected chi connectivity index (χ1v) is 8.88. The number of aromatic nitrogens is 5. The first-order chi connectivity index (χ1) is 12.9. The highest BCUT2D eigenvalue weighted by Gasteiger charge is 2.35. The summed E-state index contributed by atoms with van der Waals surface area (Å²) >= 11 is 0. The van der Waals surface area contributed by atoms with Gasteiger partial charge in [-0.2, -0.15) is 5.10 Å². The number of anilines is 1. The van der Waals surface area contributed by atoms with Gasteiger partial charge in [-0.1, -0.05) is 6.58 Å². The molecule has 0 saturated heterocycles. The molecule has 0 aliphatic heterocycles. The van der Waals surface area contributed by atoms with Gasteiger partial charge in [0.15, 0.2) is 5.65 Å². The summed E-state index contributed by atoms with van der Waals surface area (Å²) in [5.41, 5.74) is 4.05. The molecule has 8 heteroatoms. The van der Waals surface area contributed by atoms with E-state index in [4.69, 9.17) is 0 Å². The Labute approximate surface area is 155 Å². The molecule has 1 fully saturated rings. The van der Waals surface area contributed by atoms with Crippen LogP contribution < -0.4 is 5.32 Å². The third kappa shape index (κ3) is 3.65. The molecule has 0 spiro atoms. The maximum absolute atomic E-state index is 13.3. The van der Waals surface area contributed by atoms with Crippen LogP contribution in [0, 0.1) is 6.92 Å². The lowest BCUT2D eigenvalue weighted by atomic mass is 9.92.